The lowest BCUT2D eigenvalue weighted by atomic mass is 9.94. The van der Waals surface area contributed by atoms with E-state index >= 15 is 0 Å². The molecular weight excluding hydrogens is 399 g/mol. The molecule has 0 unspecified atom stereocenters. The van der Waals surface area contributed by atoms with E-state index in [2.05, 4.69) is 59.5 Å². The summed E-state index contributed by atoms with van der Waals surface area (Å²) in [6, 6.07) is 16.5. The van der Waals surface area contributed by atoms with Crippen LogP contribution in [0.1, 0.15) is 6.92 Å². The molecule has 0 spiro atoms. The third-order valence-electron chi connectivity index (χ3n) is 4.12. The Morgan fingerprint density at radius 1 is 0.913 bits per heavy atom. The molecule has 4 aromatic rings. The van der Waals surface area contributed by atoms with Crippen molar-refractivity contribution in [3.8, 4) is 5.75 Å². The third kappa shape index (κ3) is 2.18. The molecule has 0 saturated carbocycles. The maximum absolute atomic E-state index is 11.9. The van der Waals surface area contributed by atoms with Crippen LogP contribution in [0.25, 0.3) is 32.3 Å². The molecule has 0 radical (unpaired) electrons. The van der Waals surface area contributed by atoms with Crippen LogP contribution in [-0.2, 0) is 4.79 Å². The van der Waals surface area contributed by atoms with Crippen molar-refractivity contribution in [2.45, 2.75) is 6.92 Å². The Morgan fingerprint density at radius 2 is 1.48 bits per heavy atom. The van der Waals surface area contributed by atoms with E-state index in [9.17, 15) is 4.79 Å². The average Bonchev–Trinajstić information content (AvgIpc) is 2.55. The number of hydrogen-bond acceptors (Lipinski definition) is 2. The van der Waals surface area contributed by atoms with Gasteiger partial charge in [0.25, 0.3) is 0 Å². The molecule has 0 aliphatic rings. The molecule has 3 heteroatoms. The van der Waals surface area contributed by atoms with Gasteiger partial charge in [0.05, 0.1) is 0 Å². The van der Waals surface area contributed by atoms with Gasteiger partial charge in [-0.1, -0.05) is 36.9 Å². The summed E-state index contributed by atoms with van der Waals surface area (Å²) in [6.45, 7) is 5.30. The molecule has 0 heterocycles. The molecule has 0 aromatic heterocycles. The molecule has 112 valence electrons. The lowest BCUT2D eigenvalue weighted by molar-refractivity contribution is -0.129. The number of halogens is 1. The van der Waals surface area contributed by atoms with Crippen LogP contribution in [0.3, 0.4) is 0 Å². The highest BCUT2D eigenvalue weighted by Crippen LogP contribution is 2.39. The maximum Gasteiger partial charge on any atom is 0.338 e. The number of rotatable bonds is 2. The Labute approximate surface area is 147 Å². The fourth-order valence-electron chi connectivity index (χ4n) is 3.01. The van der Waals surface area contributed by atoms with Gasteiger partial charge in [0.2, 0.25) is 0 Å². The monoisotopic (exact) mass is 412 g/mol. The van der Waals surface area contributed by atoms with Gasteiger partial charge in [-0.25, -0.2) is 4.79 Å². The second-order valence-corrected chi connectivity index (χ2v) is 6.87. The zero-order valence-electron chi connectivity index (χ0n) is 12.5. The summed E-state index contributed by atoms with van der Waals surface area (Å²) < 4.78 is 6.74. The minimum atomic E-state index is -0.394. The van der Waals surface area contributed by atoms with Gasteiger partial charge in [-0.05, 0) is 69.3 Å². The molecule has 2 nitrogen and oxygen atoms in total. The molecule has 0 atom stereocenters. The van der Waals surface area contributed by atoms with Gasteiger partial charge in [-0.3, -0.25) is 0 Å². The lowest BCUT2D eigenvalue weighted by Crippen LogP contribution is -2.08. The highest BCUT2D eigenvalue weighted by atomic mass is 127. The normalized spacial score (nSPS) is 11.4. The predicted octanol–water partition coefficient (Wildman–Crippen LogP) is 5.67. The fraction of sp³-hybridized carbons (Fsp3) is 0.0500. The molecule has 0 amide bonds. The Balaban J connectivity index is 2.10. The lowest BCUT2D eigenvalue weighted by Gasteiger charge is -2.14. The topological polar surface area (TPSA) is 26.3 Å². The first kappa shape index (κ1) is 14.5. The van der Waals surface area contributed by atoms with E-state index in [0.717, 1.165) is 16.2 Å². The first-order valence-corrected chi connectivity index (χ1v) is 8.38. The van der Waals surface area contributed by atoms with Crippen LogP contribution in [-0.4, -0.2) is 5.97 Å². The van der Waals surface area contributed by atoms with Gasteiger partial charge in [0.1, 0.15) is 5.75 Å². The number of carbonyl (C=O) groups excluding carboxylic acids is 1. The van der Waals surface area contributed by atoms with Crippen LogP contribution in [0.2, 0.25) is 0 Å². The van der Waals surface area contributed by atoms with Crippen LogP contribution in [0.5, 0.6) is 5.75 Å². The zero-order valence-corrected chi connectivity index (χ0v) is 14.7. The summed E-state index contributed by atoms with van der Waals surface area (Å²) in [5.41, 5.74) is 0.394. The van der Waals surface area contributed by atoms with Crippen molar-refractivity contribution in [3.05, 3.63) is 64.3 Å². The number of hydrogen-bond donors (Lipinski definition) is 0. The van der Waals surface area contributed by atoms with Gasteiger partial charge in [-0.15, -0.1) is 0 Å². The van der Waals surface area contributed by atoms with Gasteiger partial charge >= 0.3 is 5.97 Å². The van der Waals surface area contributed by atoms with Crippen molar-refractivity contribution >= 4 is 60.9 Å². The van der Waals surface area contributed by atoms with Crippen LogP contribution in [0.4, 0.5) is 0 Å². The zero-order chi connectivity index (χ0) is 16.1. The largest absolute Gasteiger partial charge is 0.423 e. The molecule has 4 aromatic carbocycles. The molecule has 0 bridgehead atoms. The van der Waals surface area contributed by atoms with Gasteiger partial charge in [-0.2, -0.15) is 0 Å². The number of esters is 1. The predicted molar refractivity (Wildman–Crippen MR) is 103 cm³/mol. The second-order valence-electron chi connectivity index (χ2n) is 5.70. The Hall–Kier alpha value is -2.14. The molecule has 4 rings (SSSR count). The van der Waals surface area contributed by atoms with Gasteiger partial charge in [0.15, 0.2) is 0 Å². The van der Waals surface area contributed by atoms with Crippen molar-refractivity contribution in [2.24, 2.45) is 0 Å². The Kier molecular flexibility index (Phi) is 3.27. The van der Waals surface area contributed by atoms with E-state index in [4.69, 9.17) is 4.74 Å². The minimum Gasteiger partial charge on any atom is -0.423 e. The van der Waals surface area contributed by atoms with E-state index in [0.29, 0.717) is 11.3 Å². The van der Waals surface area contributed by atoms with Crippen molar-refractivity contribution in [1.29, 1.82) is 0 Å². The molecular formula is C20H13IO2. The Bertz CT molecular complexity index is 1100. The molecule has 0 aliphatic carbocycles. The second kappa shape index (κ2) is 5.20. The van der Waals surface area contributed by atoms with E-state index < -0.39 is 5.97 Å². The van der Waals surface area contributed by atoms with Crippen molar-refractivity contribution in [3.63, 3.8) is 0 Å². The van der Waals surface area contributed by atoms with E-state index in [1.54, 1.807) is 6.92 Å². The number of ether oxygens (including phenoxy) is 1. The summed E-state index contributed by atoms with van der Waals surface area (Å²) in [4.78, 5) is 11.9. The van der Waals surface area contributed by atoms with E-state index in [1.807, 2.05) is 18.2 Å². The molecule has 0 aliphatic heterocycles. The summed E-state index contributed by atoms with van der Waals surface area (Å²) >= 11 is 2.36. The maximum atomic E-state index is 11.9. The highest BCUT2D eigenvalue weighted by molar-refractivity contribution is 14.1. The van der Waals surface area contributed by atoms with Crippen LogP contribution >= 0.6 is 22.6 Å². The average molecular weight is 412 g/mol. The van der Waals surface area contributed by atoms with Crippen LogP contribution in [0.15, 0.2) is 60.7 Å². The van der Waals surface area contributed by atoms with Crippen LogP contribution in [0, 0.1) is 3.57 Å². The van der Waals surface area contributed by atoms with E-state index in [-0.39, 0.29) is 0 Å². The van der Waals surface area contributed by atoms with E-state index in [1.165, 1.54) is 19.7 Å². The third-order valence-corrected chi connectivity index (χ3v) is 5.06. The van der Waals surface area contributed by atoms with Crippen LogP contribution < -0.4 is 4.74 Å². The van der Waals surface area contributed by atoms with Gasteiger partial charge < -0.3 is 4.74 Å². The Morgan fingerprint density at radius 3 is 2.17 bits per heavy atom. The highest BCUT2D eigenvalue weighted by Gasteiger charge is 2.14. The van der Waals surface area contributed by atoms with Crippen molar-refractivity contribution < 1.29 is 9.53 Å². The molecule has 0 saturated heterocycles. The smallest absolute Gasteiger partial charge is 0.338 e. The standard InChI is InChI=1S/C20H13IO2/c1-11(2)20(22)23-17-10-6-13-3-7-14-16(21)9-5-12-4-8-15(17)19(13)18(12)14/h3-10H,1H2,2H3. The summed E-state index contributed by atoms with van der Waals surface area (Å²) in [5, 5.41) is 6.89. The van der Waals surface area contributed by atoms with Crippen molar-refractivity contribution in [2.75, 3.05) is 0 Å². The summed E-state index contributed by atoms with van der Waals surface area (Å²) in [5.74, 6) is 0.188. The molecule has 23 heavy (non-hydrogen) atoms. The fourth-order valence-corrected chi connectivity index (χ4v) is 3.64. The number of carbonyl (C=O) groups is 1. The SMILES string of the molecule is C=C(C)C(=O)Oc1ccc2ccc3c(I)ccc4ccc1c2c43. The first-order chi connectivity index (χ1) is 11.1. The first-order valence-electron chi connectivity index (χ1n) is 7.30. The minimum absolute atomic E-state index is 0.394. The summed E-state index contributed by atoms with van der Waals surface area (Å²) in [6.07, 6.45) is 0. The van der Waals surface area contributed by atoms with Gasteiger partial charge in [0, 0.05) is 19.9 Å². The number of benzene rings is 4. The quantitative estimate of drug-likeness (QED) is 0.139. The summed E-state index contributed by atoms with van der Waals surface area (Å²) in [7, 11) is 0. The molecule has 0 N–H and O–H groups in total. The van der Waals surface area contributed by atoms with Crippen molar-refractivity contribution in [1.82, 2.24) is 0 Å². The molecule has 0 fully saturated rings.